The molecule has 1 saturated carbocycles. The highest BCUT2D eigenvalue weighted by atomic mass is 32.2. The van der Waals surface area contributed by atoms with E-state index in [1.165, 1.54) is 36.4 Å². The van der Waals surface area contributed by atoms with Crippen LogP contribution in [0.4, 0.5) is 0 Å². The molecule has 1 aliphatic rings. The number of hydrogen-bond acceptors (Lipinski definition) is 3. The third kappa shape index (κ3) is 3.99. The van der Waals surface area contributed by atoms with Gasteiger partial charge in [0.25, 0.3) is 0 Å². The third-order valence-corrected chi connectivity index (χ3v) is 5.17. The molecule has 108 valence electrons. The number of nitrogens with one attached hydrogen (secondary N) is 1. The van der Waals surface area contributed by atoms with E-state index >= 15 is 0 Å². The molecule has 1 aliphatic carbocycles. The van der Waals surface area contributed by atoms with E-state index in [0.29, 0.717) is 6.04 Å². The Morgan fingerprint density at radius 2 is 2.21 bits per heavy atom. The minimum absolute atomic E-state index is 0.703. The summed E-state index contributed by atoms with van der Waals surface area (Å²) in [5, 5.41) is 9.21. The fourth-order valence-electron chi connectivity index (χ4n) is 2.87. The molecule has 1 aromatic heterocycles. The van der Waals surface area contributed by atoms with Crippen LogP contribution in [0.5, 0.6) is 0 Å². The van der Waals surface area contributed by atoms with Gasteiger partial charge in [0.2, 0.25) is 0 Å². The highest BCUT2D eigenvalue weighted by Crippen LogP contribution is 2.29. The zero-order valence-corrected chi connectivity index (χ0v) is 13.3. The first-order chi connectivity index (χ1) is 9.26. The fraction of sp³-hybridized carbons (Fsp3) is 0.800. The molecule has 1 N–H and O–H groups in total. The largest absolute Gasteiger partial charge is 0.308 e. The molecule has 0 radical (unpaired) electrons. The van der Waals surface area contributed by atoms with Crippen molar-refractivity contribution in [3.8, 4) is 0 Å². The van der Waals surface area contributed by atoms with Crippen molar-refractivity contribution in [1.82, 2.24) is 15.1 Å². The van der Waals surface area contributed by atoms with Gasteiger partial charge in [-0.1, -0.05) is 13.8 Å². The molecule has 0 saturated heterocycles. The van der Waals surface area contributed by atoms with E-state index in [9.17, 15) is 0 Å². The quantitative estimate of drug-likeness (QED) is 0.832. The standard InChI is InChI=1S/C15H27N3S/c1-4-12-9-14(18(5-2)17-12)11-16-13-7-8-15(10-13)19-6-3/h9,13,15-16H,4-8,10-11H2,1-3H3. The second-order valence-corrected chi connectivity index (χ2v) is 6.84. The normalized spacial score (nSPS) is 23.1. The van der Waals surface area contributed by atoms with Crippen LogP contribution < -0.4 is 5.32 Å². The van der Waals surface area contributed by atoms with Crippen LogP contribution in [0.3, 0.4) is 0 Å². The highest BCUT2D eigenvalue weighted by molar-refractivity contribution is 7.99. The number of aryl methyl sites for hydroxylation is 2. The summed E-state index contributed by atoms with van der Waals surface area (Å²) < 4.78 is 2.14. The lowest BCUT2D eigenvalue weighted by atomic mass is 10.2. The molecule has 0 aliphatic heterocycles. The van der Waals surface area contributed by atoms with Gasteiger partial charge < -0.3 is 5.32 Å². The Balaban J connectivity index is 1.84. The van der Waals surface area contributed by atoms with E-state index < -0.39 is 0 Å². The second kappa shape index (κ2) is 7.34. The Hall–Kier alpha value is -0.480. The maximum atomic E-state index is 4.61. The molecule has 2 rings (SSSR count). The third-order valence-electron chi connectivity index (χ3n) is 3.93. The summed E-state index contributed by atoms with van der Waals surface area (Å²) >= 11 is 2.12. The predicted molar refractivity (Wildman–Crippen MR) is 83.7 cm³/mol. The van der Waals surface area contributed by atoms with Gasteiger partial charge in [0.05, 0.1) is 11.4 Å². The van der Waals surface area contributed by atoms with Crippen molar-refractivity contribution in [3.63, 3.8) is 0 Å². The molecular formula is C15H27N3S. The molecule has 1 fully saturated rings. The maximum absolute atomic E-state index is 4.61. The van der Waals surface area contributed by atoms with E-state index in [2.05, 4.69) is 53.7 Å². The van der Waals surface area contributed by atoms with Gasteiger partial charge >= 0.3 is 0 Å². The predicted octanol–water partition coefficient (Wildman–Crippen LogP) is 3.23. The summed E-state index contributed by atoms with van der Waals surface area (Å²) in [7, 11) is 0. The van der Waals surface area contributed by atoms with E-state index in [1.54, 1.807) is 0 Å². The first kappa shape index (κ1) is 14.9. The van der Waals surface area contributed by atoms with Gasteiger partial charge in [-0.15, -0.1) is 0 Å². The molecule has 3 nitrogen and oxygen atoms in total. The lowest BCUT2D eigenvalue weighted by Gasteiger charge is -2.13. The molecule has 0 spiro atoms. The number of nitrogens with zero attached hydrogens (tertiary/aromatic N) is 2. The van der Waals surface area contributed by atoms with E-state index in [4.69, 9.17) is 0 Å². The molecule has 4 heteroatoms. The minimum Gasteiger partial charge on any atom is -0.308 e. The second-order valence-electron chi connectivity index (χ2n) is 5.26. The Morgan fingerprint density at radius 1 is 1.37 bits per heavy atom. The molecule has 19 heavy (non-hydrogen) atoms. The van der Waals surface area contributed by atoms with Gasteiger partial charge in [-0.25, -0.2) is 0 Å². The fourth-order valence-corrected chi connectivity index (χ4v) is 4.01. The van der Waals surface area contributed by atoms with Crippen molar-refractivity contribution in [2.24, 2.45) is 0 Å². The van der Waals surface area contributed by atoms with Gasteiger partial charge in [0.15, 0.2) is 0 Å². The van der Waals surface area contributed by atoms with Crippen molar-refractivity contribution < 1.29 is 0 Å². The van der Waals surface area contributed by atoms with Crippen molar-refractivity contribution in [2.75, 3.05) is 5.75 Å². The lowest BCUT2D eigenvalue weighted by Crippen LogP contribution is -2.27. The number of aromatic nitrogens is 2. The van der Waals surface area contributed by atoms with Crippen molar-refractivity contribution in [3.05, 3.63) is 17.5 Å². The number of rotatable bonds is 7. The summed E-state index contributed by atoms with van der Waals surface area (Å²) in [4.78, 5) is 0. The smallest absolute Gasteiger partial charge is 0.0625 e. The molecule has 2 unspecified atom stereocenters. The van der Waals surface area contributed by atoms with Crippen molar-refractivity contribution in [2.45, 2.75) is 70.8 Å². The van der Waals surface area contributed by atoms with Crippen LogP contribution in [-0.2, 0) is 19.5 Å². The molecular weight excluding hydrogens is 254 g/mol. The molecule has 0 amide bonds. The van der Waals surface area contributed by atoms with E-state index in [-0.39, 0.29) is 0 Å². The van der Waals surface area contributed by atoms with Gasteiger partial charge in [0.1, 0.15) is 0 Å². The molecule has 1 heterocycles. The molecule has 1 aromatic rings. The SMILES string of the molecule is CCSC1CCC(NCc2cc(CC)nn2CC)C1. The van der Waals surface area contributed by atoms with Crippen LogP contribution in [0.2, 0.25) is 0 Å². The zero-order valence-electron chi connectivity index (χ0n) is 12.5. The Labute approximate surface area is 121 Å². The van der Waals surface area contributed by atoms with Crippen molar-refractivity contribution >= 4 is 11.8 Å². The van der Waals surface area contributed by atoms with Crippen LogP contribution in [-0.4, -0.2) is 26.8 Å². The van der Waals surface area contributed by atoms with Crippen LogP contribution in [0.15, 0.2) is 6.07 Å². The van der Waals surface area contributed by atoms with E-state index in [1.807, 2.05) is 0 Å². The molecule has 0 bridgehead atoms. The lowest BCUT2D eigenvalue weighted by molar-refractivity contribution is 0.499. The van der Waals surface area contributed by atoms with Crippen LogP contribution in [0.25, 0.3) is 0 Å². The maximum Gasteiger partial charge on any atom is 0.0625 e. The topological polar surface area (TPSA) is 29.9 Å². The monoisotopic (exact) mass is 281 g/mol. The molecule has 2 atom stereocenters. The van der Waals surface area contributed by atoms with Gasteiger partial charge in [-0.3, -0.25) is 4.68 Å². The van der Waals surface area contributed by atoms with Gasteiger partial charge in [0, 0.05) is 24.4 Å². The first-order valence-electron chi connectivity index (χ1n) is 7.67. The van der Waals surface area contributed by atoms with Crippen LogP contribution in [0.1, 0.15) is 51.4 Å². The number of hydrogen-bond donors (Lipinski definition) is 1. The summed E-state index contributed by atoms with van der Waals surface area (Å²) in [5.74, 6) is 1.25. The van der Waals surface area contributed by atoms with Crippen LogP contribution >= 0.6 is 11.8 Å². The zero-order chi connectivity index (χ0) is 13.7. The summed E-state index contributed by atoms with van der Waals surface area (Å²) in [5.41, 5.74) is 2.55. The minimum atomic E-state index is 0.703. The molecule has 0 aromatic carbocycles. The van der Waals surface area contributed by atoms with Crippen LogP contribution in [0, 0.1) is 0 Å². The average Bonchev–Trinajstić information content (AvgIpc) is 3.02. The van der Waals surface area contributed by atoms with Gasteiger partial charge in [-0.05, 0) is 44.4 Å². The first-order valence-corrected chi connectivity index (χ1v) is 8.72. The van der Waals surface area contributed by atoms with E-state index in [0.717, 1.165) is 24.8 Å². The average molecular weight is 281 g/mol. The Bertz CT molecular complexity index is 389. The summed E-state index contributed by atoms with van der Waals surface area (Å²) in [6.07, 6.45) is 5.07. The van der Waals surface area contributed by atoms with Gasteiger partial charge in [-0.2, -0.15) is 16.9 Å². The summed E-state index contributed by atoms with van der Waals surface area (Å²) in [6.45, 7) is 8.53. The highest BCUT2D eigenvalue weighted by Gasteiger charge is 2.24. The van der Waals surface area contributed by atoms with Crippen molar-refractivity contribution in [1.29, 1.82) is 0 Å². The Morgan fingerprint density at radius 3 is 2.89 bits per heavy atom. The Kier molecular flexibility index (Phi) is 5.76. The number of thioether (sulfide) groups is 1. The summed E-state index contributed by atoms with van der Waals surface area (Å²) in [6, 6.07) is 2.96.